The monoisotopic (exact) mass is 362 g/mol. The second kappa shape index (κ2) is 11.2. The number of nitrogens with zero attached hydrogens (tertiary/aromatic N) is 1. The fraction of sp³-hybridized carbons (Fsp3) is 0.571. The zero-order valence-electron chi connectivity index (χ0n) is 15.5. The molecule has 25 heavy (non-hydrogen) atoms. The summed E-state index contributed by atoms with van der Waals surface area (Å²) in [5.74, 6) is 6.40. The first-order valence-electron chi connectivity index (χ1n) is 9.25. The quantitative estimate of drug-likeness (QED) is 0.781. The first-order chi connectivity index (χ1) is 11.7. The van der Waals surface area contributed by atoms with Gasteiger partial charge in [-0.05, 0) is 31.5 Å². The molecule has 0 atom stereocenters. The van der Waals surface area contributed by atoms with Gasteiger partial charge in [-0.3, -0.25) is 9.69 Å². The molecule has 0 spiro atoms. The number of carbonyl (C=O) groups excluding carboxylic acids is 1. The molecule has 1 aromatic carbocycles. The number of nitrogens with one attached hydrogen (secondary N) is 1. The maximum absolute atomic E-state index is 12.9. The van der Waals surface area contributed by atoms with Crippen molar-refractivity contribution in [1.29, 1.82) is 0 Å². The Kier molecular flexibility index (Phi) is 9.63. The second-order valence-electron chi connectivity index (χ2n) is 6.51. The molecule has 3 nitrogen and oxygen atoms in total. The average Bonchev–Trinajstić information content (AvgIpc) is 2.65. The van der Waals surface area contributed by atoms with E-state index in [9.17, 15) is 4.79 Å². The molecule has 0 saturated heterocycles. The van der Waals surface area contributed by atoms with Gasteiger partial charge < -0.3 is 5.32 Å². The molecule has 1 aromatic rings. The van der Waals surface area contributed by atoms with Crippen LogP contribution in [-0.2, 0) is 10.2 Å². The Labute approximate surface area is 159 Å². The third kappa shape index (κ3) is 5.76. The zero-order valence-corrected chi connectivity index (χ0v) is 16.3. The molecule has 0 aromatic heterocycles. The van der Waals surface area contributed by atoms with E-state index in [1.807, 2.05) is 18.2 Å². The van der Waals surface area contributed by atoms with Crippen LogP contribution in [0.4, 0.5) is 0 Å². The minimum Gasteiger partial charge on any atom is -0.344 e. The first-order valence-corrected chi connectivity index (χ1v) is 9.25. The van der Waals surface area contributed by atoms with Gasteiger partial charge in [0.1, 0.15) is 0 Å². The van der Waals surface area contributed by atoms with Crippen molar-refractivity contribution in [2.24, 2.45) is 0 Å². The summed E-state index contributed by atoms with van der Waals surface area (Å²) < 4.78 is 0. The van der Waals surface area contributed by atoms with Crippen LogP contribution in [0, 0.1) is 11.8 Å². The third-order valence-corrected chi connectivity index (χ3v) is 5.13. The fourth-order valence-corrected chi connectivity index (χ4v) is 3.53. The Morgan fingerprint density at radius 3 is 2.32 bits per heavy atom. The highest BCUT2D eigenvalue weighted by molar-refractivity contribution is 5.88. The molecule has 2 rings (SSSR count). The van der Waals surface area contributed by atoms with Crippen LogP contribution >= 0.6 is 12.4 Å². The highest BCUT2D eigenvalue weighted by Gasteiger charge is 2.40. The minimum atomic E-state index is -0.361. The van der Waals surface area contributed by atoms with Gasteiger partial charge in [-0.1, -0.05) is 75.3 Å². The van der Waals surface area contributed by atoms with E-state index in [4.69, 9.17) is 0 Å². The summed E-state index contributed by atoms with van der Waals surface area (Å²) in [6, 6.07) is 10.3. The summed E-state index contributed by atoms with van der Waals surface area (Å²) in [7, 11) is 0. The van der Waals surface area contributed by atoms with Crippen LogP contribution < -0.4 is 5.32 Å². The molecule has 1 aliphatic carbocycles. The summed E-state index contributed by atoms with van der Waals surface area (Å²) in [4.78, 5) is 15.2. The second-order valence-corrected chi connectivity index (χ2v) is 6.51. The van der Waals surface area contributed by atoms with E-state index in [1.165, 1.54) is 6.42 Å². The van der Waals surface area contributed by atoms with E-state index >= 15 is 0 Å². The topological polar surface area (TPSA) is 32.3 Å². The fourth-order valence-electron chi connectivity index (χ4n) is 3.53. The summed E-state index contributed by atoms with van der Waals surface area (Å²) in [6.45, 7) is 7.50. The lowest BCUT2D eigenvalue weighted by Gasteiger charge is -2.36. The van der Waals surface area contributed by atoms with Crippen LogP contribution in [0.5, 0.6) is 0 Å². The highest BCUT2D eigenvalue weighted by Crippen LogP contribution is 2.39. The van der Waals surface area contributed by atoms with Crippen molar-refractivity contribution in [3.63, 3.8) is 0 Å². The number of halogens is 1. The van der Waals surface area contributed by atoms with Crippen LogP contribution in [0.3, 0.4) is 0 Å². The van der Waals surface area contributed by atoms with E-state index in [2.05, 4.69) is 48.0 Å². The van der Waals surface area contributed by atoms with E-state index in [0.717, 1.165) is 50.9 Å². The molecule has 1 saturated carbocycles. The molecule has 1 fully saturated rings. The minimum absolute atomic E-state index is 0. The largest absolute Gasteiger partial charge is 0.344 e. The number of hydrogen-bond donors (Lipinski definition) is 1. The molecule has 0 radical (unpaired) electrons. The van der Waals surface area contributed by atoms with Gasteiger partial charge in [0.05, 0.1) is 18.5 Å². The van der Waals surface area contributed by atoms with Crippen molar-refractivity contribution >= 4 is 18.3 Å². The van der Waals surface area contributed by atoms with Crippen molar-refractivity contribution in [3.8, 4) is 11.8 Å². The molecular weight excluding hydrogens is 332 g/mol. The third-order valence-electron chi connectivity index (χ3n) is 5.13. The molecule has 1 aliphatic rings. The molecule has 0 bridgehead atoms. The zero-order chi connectivity index (χ0) is 17.3. The summed E-state index contributed by atoms with van der Waals surface area (Å²) >= 11 is 0. The van der Waals surface area contributed by atoms with Gasteiger partial charge in [-0.15, -0.1) is 12.4 Å². The van der Waals surface area contributed by atoms with E-state index in [-0.39, 0.29) is 23.7 Å². The van der Waals surface area contributed by atoms with E-state index in [0.29, 0.717) is 6.54 Å². The number of hydrogen-bond acceptors (Lipinski definition) is 2. The van der Waals surface area contributed by atoms with Gasteiger partial charge in [0.2, 0.25) is 5.91 Å². The van der Waals surface area contributed by atoms with Gasteiger partial charge in [0.25, 0.3) is 0 Å². The number of amides is 1. The van der Waals surface area contributed by atoms with Gasteiger partial charge in [-0.25, -0.2) is 0 Å². The summed E-state index contributed by atoms with van der Waals surface area (Å²) in [5, 5.41) is 3.07. The average molecular weight is 363 g/mol. The van der Waals surface area contributed by atoms with Crippen molar-refractivity contribution in [2.75, 3.05) is 26.2 Å². The first kappa shape index (κ1) is 21.5. The van der Waals surface area contributed by atoms with Crippen LogP contribution in [0.15, 0.2) is 30.3 Å². The Hall–Kier alpha value is -1.50. The van der Waals surface area contributed by atoms with Crippen LogP contribution in [0.2, 0.25) is 0 Å². The molecule has 1 N–H and O–H groups in total. The van der Waals surface area contributed by atoms with Crippen molar-refractivity contribution in [1.82, 2.24) is 10.2 Å². The Balaban J connectivity index is 0.00000312. The molecule has 1 amide bonds. The van der Waals surface area contributed by atoms with Crippen molar-refractivity contribution in [3.05, 3.63) is 35.9 Å². The molecule has 0 heterocycles. The normalized spacial score (nSPS) is 15.6. The lowest BCUT2D eigenvalue weighted by atomic mass is 9.68. The van der Waals surface area contributed by atoms with Gasteiger partial charge in [-0.2, -0.15) is 0 Å². The molecule has 0 aliphatic heterocycles. The highest BCUT2D eigenvalue weighted by atomic mass is 35.5. The molecule has 138 valence electrons. The van der Waals surface area contributed by atoms with Crippen LogP contribution in [0.25, 0.3) is 0 Å². The van der Waals surface area contributed by atoms with E-state index in [1.54, 1.807) is 0 Å². The SMILES string of the molecule is CCN(CC)CC#CCNC(=O)C1(c2ccccc2)CCCCC1.Cl. The van der Waals surface area contributed by atoms with Crippen molar-refractivity contribution in [2.45, 2.75) is 51.4 Å². The Bertz CT molecular complexity index is 567. The predicted octanol–water partition coefficient (Wildman–Crippen LogP) is 3.77. The Morgan fingerprint density at radius 1 is 1.08 bits per heavy atom. The van der Waals surface area contributed by atoms with Gasteiger partial charge in [0, 0.05) is 0 Å². The number of rotatable bonds is 6. The van der Waals surface area contributed by atoms with Crippen LogP contribution in [0.1, 0.15) is 51.5 Å². The number of benzene rings is 1. The van der Waals surface area contributed by atoms with Crippen LogP contribution in [-0.4, -0.2) is 37.0 Å². The summed E-state index contributed by atoms with van der Waals surface area (Å²) in [6.07, 6.45) is 5.35. The predicted molar refractivity (Wildman–Crippen MR) is 107 cm³/mol. The maximum Gasteiger partial charge on any atom is 0.231 e. The Morgan fingerprint density at radius 2 is 1.72 bits per heavy atom. The maximum atomic E-state index is 12.9. The number of carbonyl (C=O) groups is 1. The van der Waals surface area contributed by atoms with Crippen molar-refractivity contribution < 1.29 is 4.79 Å². The standard InChI is InChI=1S/C21H30N2O.ClH/c1-3-23(4-2)18-12-11-17-22-20(24)21(15-9-6-10-16-21)19-13-7-5-8-14-19;/h5,7-8,13-14H,3-4,6,9-10,15-18H2,1-2H3,(H,22,24);1H. The molecule has 4 heteroatoms. The molecule has 0 unspecified atom stereocenters. The molecular formula is C21H31ClN2O. The lowest BCUT2D eigenvalue weighted by Crippen LogP contribution is -2.46. The lowest BCUT2D eigenvalue weighted by molar-refractivity contribution is -0.127. The summed E-state index contributed by atoms with van der Waals surface area (Å²) in [5.41, 5.74) is 0.790. The van der Waals surface area contributed by atoms with Gasteiger partial charge in [0.15, 0.2) is 0 Å². The van der Waals surface area contributed by atoms with E-state index < -0.39 is 0 Å². The smallest absolute Gasteiger partial charge is 0.231 e. The van der Waals surface area contributed by atoms with Gasteiger partial charge >= 0.3 is 0 Å².